The van der Waals surface area contributed by atoms with Crippen molar-refractivity contribution in [2.45, 2.75) is 129 Å². The van der Waals surface area contributed by atoms with E-state index in [2.05, 4.69) is 26.0 Å². The lowest BCUT2D eigenvalue weighted by Gasteiger charge is -2.44. The molecule has 0 heterocycles. The molecule has 0 saturated heterocycles. The molecule has 3 saturated carbocycles. The van der Waals surface area contributed by atoms with E-state index in [0.717, 1.165) is 30.8 Å². The second-order valence-electron chi connectivity index (χ2n) is 12.1. The van der Waals surface area contributed by atoms with Crippen LogP contribution in [0.1, 0.15) is 105 Å². The maximum absolute atomic E-state index is 10.5. The van der Waals surface area contributed by atoms with Crippen LogP contribution in [0.3, 0.4) is 0 Å². The maximum atomic E-state index is 10.5. The molecule has 4 heteroatoms. The highest BCUT2D eigenvalue weighted by Gasteiger charge is 2.50. The molecule has 3 rings (SSSR count). The first-order chi connectivity index (χ1) is 14.9. The Kier molecular flexibility index (Phi) is 8.02. The molecule has 0 aliphatic heterocycles. The zero-order chi connectivity index (χ0) is 23.7. The summed E-state index contributed by atoms with van der Waals surface area (Å²) in [6.45, 7) is 10.6. The van der Waals surface area contributed by atoms with Gasteiger partial charge in [-0.1, -0.05) is 56.9 Å². The van der Waals surface area contributed by atoms with Crippen LogP contribution in [0.5, 0.6) is 0 Å². The predicted molar refractivity (Wildman–Crippen MR) is 130 cm³/mol. The molecule has 0 aromatic carbocycles. The Morgan fingerprint density at radius 1 is 1.12 bits per heavy atom. The fourth-order valence-electron chi connectivity index (χ4n) is 7.26. The summed E-state index contributed by atoms with van der Waals surface area (Å²) in [6, 6.07) is 0. The van der Waals surface area contributed by atoms with E-state index < -0.39 is 23.4 Å². The van der Waals surface area contributed by atoms with Gasteiger partial charge in [0.05, 0.1) is 17.8 Å². The number of allylic oxidation sites excluding steroid dienone is 3. The zero-order valence-corrected chi connectivity index (χ0v) is 21.1. The zero-order valence-electron chi connectivity index (χ0n) is 21.1. The van der Waals surface area contributed by atoms with Crippen molar-refractivity contribution in [2.24, 2.45) is 23.2 Å². The van der Waals surface area contributed by atoms with E-state index in [-0.39, 0.29) is 0 Å². The number of rotatable bonds is 7. The third-order valence-electron chi connectivity index (χ3n) is 9.34. The van der Waals surface area contributed by atoms with Crippen molar-refractivity contribution in [3.8, 4) is 0 Å². The minimum absolute atomic E-state index is 0.352. The van der Waals surface area contributed by atoms with E-state index in [1.807, 2.05) is 20.8 Å². The number of hydrogen-bond acceptors (Lipinski definition) is 4. The van der Waals surface area contributed by atoms with Gasteiger partial charge in [0.2, 0.25) is 0 Å². The summed E-state index contributed by atoms with van der Waals surface area (Å²) in [5.41, 5.74) is 0.984. The van der Waals surface area contributed by atoms with Crippen LogP contribution in [-0.2, 0) is 0 Å². The molecule has 32 heavy (non-hydrogen) atoms. The van der Waals surface area contributed by atoms with Gasteiger partial charge in [-0.15, -0.1) is 0 Å². The molecule has 3 unspecified atom stereocenters. The molecule has 3 fully saturated rings. The van der Waals surface area contributed by atoms with Gasteiger partial charge in [-0.05, 0) is 94.8 Å². The topological polar surface area (TPSA) is 80.9 Å². The lowest BCUT2D eigenvalue weighted by Crippen LogP contribution is -2.54. The molecule has 4 N–H and O–H groups in total. The average molecular weight is 449 g/mol. The molecule has 0 aromatic heterocycles. The molecule has 0 radical (unpaired) electrons. The Morgan fingerprint density at radius 2 is 1.78 bits per heavy atom. The van der Waals surface area contributed by atoms with Crippen LogP contribution in [0.4, 0.5) is 0 Å². The quantitative estimate of drug-likeness (QED) is 0.427. The van der Waals surface area contributed by atoms with Crippen molar-refractivity contribution in [1.29, 1.82) is 0 Å². The largest absolute Gasteiger partial charge is 0.390 e. The van der Waals surface area contributed by atoms with Crippen molar-refractivity contribution in [1.82, 2.24) is 0 Å². The van der Waals surface area contributed by atoms with Gasteiger partial charge in [0, 0.05) is 0 Å². The second-order valence-corrected chi connectivity index (χ2v) is 12.1. The van der Waals surface area contributed by atoms with Gasteiger partial charge >= 0.3 is 0 Å². The van der Waals surface area contributed by atoms with Crippen molar-refractivity contribution < 1.29 is 20.4 Å². The Balaban J connectivity index is 1.68. The van der Waals surface area contributed by atoms with Gasteiger partial charge in [-0.2, -0.15) is 0 Å². The van der Waals surface area contributed by atoms with Crippen LogP contribution in [0.25, 0.3) is 0 Å². The first kappa shape index (κ1) is 25.9. The Bertz CT molecular complexity index is 689. The monoisotopic (exact) mass is 448 g/mol. The predicted octanol–water partition coefficient (Wildman–Crippen LogP) is 5.29. The van der Waals surface area contributed by atoms with Gasteiger partial charge in [0.1, 0.15) is 5.60 Å². The minimum Gasteiger partial charge on any atom is -0.390 e. The van der Waals surface area contributed by atoms with Gasteiger partial charge in [-0.3, -0.25) is 0 Å². The van der Waals surface area contributed by atoms with Crippen LogP contribution >= 0.6 is 0 Å². The summed E-state index contributed by atoms with van der Waals surface area (Å²) in [6.07, 6.45) is 13.2. The average Bonchev–Trinajstić information content (AvgIpc) is 3.06. The third-order valence-corrected chi connectivity index (χ3v) is 9.34. The second kappa shape index (κ2) is 9.90. The van der Waals surface area contributed by atoms with E-state index >= 15 is 0 Å². The van der Waals surface area contributed by atoms with Crippen LogP contribution in [-0.4, -0.2) is 43.8 Å². The smallest absolute Gasteiger partial charge is 0.117 e. The number of fused-ring (bicyclic) bond motifs is 1. The lowest BCUT2D eigenvalue weighted by molar-refractivity contribution is -0.158. The van der Waals surface area contributed by atoms with Crippen LogP contribution in [0.2, 0.25) is 0 Å². The van der Waals surface area contributed by atoms with Gasteiger partial charge in [0.25, 0.3) is 0 Å². The van der Waals surface area contributed by atoms with E-state index in [1.165, 1.54) is 37.7 Å². The summed E-state index contributed by atoms with van der Waals surface area (Å²) < 4.78 is 0. The Morgan fingerprint density at radius 3 is 2.38 bits per heavy atom. The highest BCUT2D eigenvalue weighted by Crippen LogP contribution is 2.60. The van der Waals surface area contributed by atoms with Crippen LogP contribution in [0.15, 0.2) is 23.3 Å². The molecule has 0 aromatic rings. The van der Waals surface area contributed by atoms with Gasteiger partial charge in [-0.25, -0.2) is 0 Å². The third kappa shape index (κ3) is 5.35. The molecule has 3 aliphatic carbocycles. The SMILES string of the molecule is CCC1(O)[C@H](O)CC(=CC=C2CCCC3(C)C2CCC3[C@H](C)CCCC(C)(C)O)C[C@H]1O. The number of aliphatic hydroxyl groups excluding tert-OH is 2. The summed E-state index contributed by atoms with van der Waals surface area (Å²) >= 11 is 0. The highest BCUT2D eigenvalue weighted by molar-refractivity contribution is 5.27. The highest BCUT2D eigenvalue weighted by atomic mass is 16.4. The molecule has 6 atom stereocenters. The van der Waals surface area contributed by atoms with Crippen molar-refractivity contribution in [2.75, 3.05) is 0 Å². The first-order valence-corrected chi connectivity index (χ1v) is 13.1. The van der Waals surface area contributed by atoms with Gasteiger partial charge < -0.3 is 20.4 Å². The normalized spacial score (nSPS) is 40.4. The van der Waals surface area contributed by atoms with Crippen LogP contribution in [0, 0.1) is 23.2 Å². The van der Waals surface area contributed by atoms with Gasteiger partial charge in [0.15, 0.2) is 0 Å². The summed E-state index contributed by atoms with van der Waals surface area (Å²) in [5, 5.41) is 41.4. The molecule has 3 aliphatic rings. The molecule has 4 nitrogen and oxygen atoms in total. The Labute approximate surface area is 195 Å². The van der Waals surface area contributed by atoms with E-state index in [1.54, 1.807) is 0 Å². The van der Waals surface area contributed by atoms with E-state index in [9.17, 15) is 20.4 Å². The number of aliphatic hydroxyl groups is 4. The standard InChI is InChI=1S/C28H48O4/c1-6-28(32)24(29)17-20(18-25(28)30)11-12-21-10-8-16-27(5)22(13-14-23(21)27)19(2)9-7-15-26(3,4)31/h11-12,19,22-25,29-32H,6-10,13-18H2,1-5H3/t19-,22?,23?,24-,25-,27?,28?/m1/s1. The van der Waals surface area contributed by atoms with Crippen molar-refractivity contribution in [3.05, 3.63) is 23.3 Å². The van der Waals surface area contributed by atoms with E-state index in [4.69, 9.17) is 0 Å². The maximum Gasteiger partial charge on any atom is 0.117 e. The van der Waals surface area contributed by atoms with E-state index in [0.29, 0.717) is 36.5 Å². The lowest BCUT2D eigenvalue weighted by atomic mass is 9.60. The first-order valence-electron chi connectivity index (χ1n) is 13.1. The fourth-order valence-corrected chi connectivity index (χ4v) is 7.26. The molecular formula is C28H48O4. The van der Waals surface area contributed by atoms with Crippen LogP contribution < -0.4 is 0 Å². The van der Waals surface area contributed by atoms with Crippen molar-refractivity contribution in [3.63, 3.8) is 0 Å². The summed E-state index contributed by atoms with van der Waals surface area (Å²) in [4.78, 5) is 0. The molecule has 184 valence electrons. The molecule has 0 amide bonds. The summed E-state index contributed by atoms with van der Waals surface area (Å²) in [7, 11) is 0. The Hall–Kier alpha value is -0.680. The number of hydrogen-bond donors (Lipinski definition) is 4. The molecule has 0 spiro atoms. The molecular weight excluding hydrogens is 400 g/mol. The molecule has 0 bridgehead atoms. The minimum atomic E-state index is -1.38. The van der Waals surface area contributed by atoms with Crippen molar-refractivity contribution >= 4 is 0 Å². The fraction of sp³-hybridized carbons (Fsp3) is 0.857. The summed E-state index contributed by atoms with van der Waals surface area (Å²) in [5.74, 6) is 2.05.